The molecule has 1 aromatic heterocycles. The Hall–Kier alpha value is -1.09. The quantitative estimate of drug-likeness (QED) is 0.904. The van der Waals surface area contributed by atoms with Crippen LogP contribution in [-0.2, 0) is 0 Å². The van der Waals surface area contributed by atoms with Crippen LogP contribution in [-0.4, -0.2) is 23.7 Å². The molecule has 0 aromatic carbocycles. The molecule has 2 fully saturated rings. The number of anilines is 1. The fourth-order valence-electron chi connectivity index (χ4n) is 3.93. The zero-order valence-electron chi connectivity index (χ0n) is 11.9. The van der Waals surface area contributed by atoms with E-state index in [1.54, 1.807) is 6.92 Å². The zero-order chi connectivity index (χ0) is 13.4. The van der Waals surface area contributed by atoms with Crippen molar-refractivity contribution in [3.63, 3.8) is 0 Å². The van der Waals surface area contributed by atoms with E-state index in [0.717, 1.165) is 35.7 Å². The highest BCUT2D eigenvalue weighted by molar-refractivity contribution is 5.43. The lowest BCUT2D eigenvalue weighted by Gasteiger charge is -2.28. The zero-order valence-corrected chi connectivity index (χ0v) is 11.9. The minimum Gasteiger partial charge on any atom is -0.387 e. The van der Waals surface area contributed by atoms with Gasteiger partial charge in [0.1, 0.15) is 0 Å². The second-order valence-corrected chi connectivity index (χ2v) is 6.43. The maximum absolute atomic E-state index is 9.48. The van der Waals surface area contributed by atoms with Crippen LogP contribution in [0.5, 0.6) is 0 Å². The van der Waals surface area contributed by atoms with Gasteiger partial charge in [-0.2, -0.15) is 0 Å². The van der Waals surface area contributed by atoms with Gasteiger partial charge in [0, 0.05) is 13.6 Å². The first kappa shape index (κ1) is 12.9. The number of hydrogen-bond acceptors (Lipinski definition) is 3. The summed E-state index contributed by atoms with van der Waals surface area (Å²) in [4.78, 5) is 6.65. The molecule has 1 N–H and O–H groups in total. The third kappa shape index (κ3) is 2.62. The average Bonchev–Trinajstić information content (AvgIpc) is 3.01. The number of rotatable bonds is 4. The van der Waals surface area contributed by atoms with E-state index in [-0.39, 0.29) is 0 Å². The van der Waals surface area contributed by atoms with Crippen LogP contribution in [0.1, 0.15) is 44.4 Å². The van der Waals surface area contributed by atoms with Gasteiger partial charge in [0.15, 0.2) is 0 Å². The molecule has 3 unspecified atom stereocenters. The lowest BCUT2D eigenvalue weighted by Crippen LogP contribution is -2.28. The second-order valence-electron chi connectivity index (χ2n) is 6.43. The van der Waals surface area contributed by atoms with Gasteiger partial charge in [0.2, 0.25) is 0 Å². The van der Waals surface area contributed by atoms with Crippen LogP contribution in [0.2, 0.25) is 0 Å². The van der Waals surface area contributed by atoms with Gasteiger partial charge in [-0.3, -0.25) is 4.98 Å². The second kappa shape index (κ2) is 5.12. The number of fused-ring (bicyclic) bond motifs is 2. The first-order chi connectivity index (χ1) is 9.13. The van der Waals surface area contributed by atoms with Crippen molar-refractivity contribution in [1.29, 1.82) is 0 Å². The van der Waals surface area contributed by atoms with Gasteiger partial charge >= 0.3 is 0 Å². The van der Waals surface area contributed by atoms with Crippen LogP contribution in [0.4, 0.5) is 5.69 Å². The summed E-state index contributed by atoms with van der Waals surface area (Å²) in [7, 11) is 2.16. The normalized spacial score (nSPS) is 30.6. The van der Waals surface area contributed by atoms with Gasteiger partial charge in [0.05, 0.1) is 23.7 Å². The molecule has 19 heavy (non-hydrogen) atoms. The molecule has 104 valence electrons. The van der Waals surface area contributed by atoms with Gasteiger partial charge in [-0.25, -0.2) is 0 Å². The predicted octanol–water partition coefficient (Wildman–Crippen LogP) is 3.01. The number of hydrogen-bond donors (Lipinski definition) is 1. The predicted molar refractivity (Wildman–Crippen MR) is 77.1 cm³/mol. The van der Waals surface area contributed by atoms with Crippen LogP contribution >= 0.6 is 0 Å². The summed E-state index contributed by atoms with van der Waals surface area (Å²) >= 11 is 0. The fraction of sp³-hybridized carbons (Fsp3) is 0.688. The molecular weight excluding hydrogens is 236 g/mol. The Kier molecular flexibility index (Phi) is 3.48. The number of pyridine rings is 1. The van der Waals surface area contributed by atoms with Crippen molar-refractivity contribution in [3.8, 4) is 0 Å². The molecule has 0 spiro atoms. The average molecular weight is 260 g/mol. The summed E-state index contributed by atoms with van der Waals surface area (Å²) in [5.74, 6) is 2.86. The topological polar surface area (TPSA) is 36.4 Å². The highest BCUT2D eigenvalue weighted by atomic mass is 16.3. The van der Waals surface area contributed by atoms with E-state index in [4.69, 9.17) is 0 Å². The van der Waals surface area contributed by atoms with Crippen molar-refractivity contribution >= 4 is 5.69 Å². The minimum atomic E-state index is -0.482. The van der Waals surface area contributed by atoms with Gasteiger partial charge in [0.25, 0.3) is 0 Å². The lowest BCUT2D eigenvalue weighted by molar-refractivity contribution is 0.194. The van der Waals surface area contributed by atoms with Crippen LogP contribution in [0.25, 0.3) is 0 Å². The summed E-state index contributed by atoms with van der Waals surface area (Å²) in [5.41, 5.74) is 1.91. The van der Waals surface area contributed by atoms with Crippen LogP contribution in [0.15, 0.2) is 18.3 Å². The van der Waals surface area contributed by atoms with Crippen molar-refractivity contribution < 1.29 is 5.11 Å². The standard InChI is InChI=1S/C16H24N2O/c1-11(19)16-6-5-15(9-17-16)18(2)10-14-8-12-3-4-13(14)7-12/h5-6,9,11-14,19H,3-4,7-8,10H2,1-2H3/t11-,12?,13?,14?/m0/s1. The number of aliphatic hydroxyl groups excluding tert-OH is 1. The summed E-state index contributed by atoms with van der Waals surface area (Å²) in [5, 5.41) is 9.48. The molecule has 2 saturated carbocycles. The Morgan fingerprint density at radius 3 is 2.74 bits per heavy atom. The summed E-state index contributed by atoms with van der Waals surface area (Å²) < 4.78 is 0. The molecule has 1 heterocycles. The van der Waals surface area contributed by atoms with E-state index < -0.39 is 6.10 Å². The lowest BCUT2D eigenvalue weighted by atomic mass is 9.88. The number of aliphatic hydroxyl groups is 1. The number of nitrogens with zero attached hydrogens (tertiary/aromatic N) is 2. The molecule has 0 amide bonds. The molecule has 0 saturated heterocycles. The summed E-state index contributed by atoms with van der Waals surface area (Å²) in [6.45, 7) is 2.90. The molecule has 3 heteroatoms. The third-order valence-electron chi connectivity index (χ3n) is 5.03. The molecule has 2 aliphatic rings. The van der Waals surface area contributed by atoms with E-state index >= 15 is 0 Å². The highest BCUT2D eigenvalue weighted by Gasteiger charge is 2.39. The van der Waals surface area contributed by atoms with Crippen molar-refractivity contribution in [1.82, 2.24) is 4.98 Å². The molecule has 3 nitrogen and oxygen atoms in total. The van der Waals surface area contributed by atoms with Crippen molar-refractivity contribution in [2.24, 2.45) is 17.8 Å². The summed E-state index contributed by atoms with van der Waals surface area (Å²) in [6.07, 6.45) is 7.21. The molecule has 0 aliphatic heterocycles. The van der Waals surface area contributed by atoms with Crippen LogP contribution in [0.3, 0.4) is 0 Å². The molecule has 4 atom stereocenters. The molecule has 2 aliphatic carbocycles. The minimum absolute atomic E-state index is 0.482. The largest absolute Gasteiger partial charge is 0.387 e. The van der Waals surface area contributed by atoms with Gasteiger partial charge < -0.3 is 10.0 Å². The summed E-state index contributed by atoms with van der Waals surface area (Å²) in [6, 6.07) is 4.00. The molecule has 2 bridgehead atoms. The fourth-order valence-corrected chi connectivity index (χ4v) is 3.93. The Labute approximate surface area is 115 Å². The SMILES string of the molecule is C[C@H](O)c1ccc(N(C)CC2CC3CCC2C3)cn1. The molecular formula is C16H24N2O. The highest BCUT2D eigenvalue weighted by Crippen LogP contribution is 2.48. The van der Waals surface area contributed by atoms with Gasteiger partial charge in [-0.1, -0.05) is 6.42 Å². The Bertz CT molecular complexity index is 429. The maximum Gasteiger partial charge on any atom is 0.0931 e. The van der Waals surface area contributed by atoms with E-state index in [2.05, 4.69) is 23.0 Å². The first-order valence-corrected chi connectivity index (χ1v) is 7.48. The van der Waals surface area contributed by atoms with E-state index in [9.17, 15) is 5.11 Å². The van der Waals surface area contributed by atoms with E-state index in [0.29, 0.717) is 0 Å². The van der Waals surface area contributed by atoms with Crippen LogP contribution in [0, 0.1) is 17.8 Å². The number of aromatic nitrogens is 1. The van der Waals surface area contributed by atoms with Gasteiger partial charge in [-0.15, -0.1) is 0 Å². The smallest absolute Gasteiger partial charge is 0.0931 e. The Morgan fingerprint density at radius 1 is 1.37 bits per heavy atom. The van der Waals surface area contributed by atoms with Crippen molar-refractivity contribution in [3.05, 3.63) is 24.0 Å². The third-order valence-corrected chi connectivity index (χ3v) is 5.03. The Balaban J connectivity index is 1.62. The van der Waals surface area contributed by atoms with Crippen molar-refractivity contribution in [2.75, 3.05) is 18.5 Å². The maximum atomic E-state index is 9.48. The monoisotopic (exact) mass is 260 g/mol. The van der Waals surface area contributed by atoms with Gasteiger partial charge in [-0.05, 0) is 56.1 Å². The van der Waals surface area contributed by atoms with E-state index in [1.165, 1.54) is 25.7 Å². The van der Waals surface area contributed by atoms with E-state index in [1.807, 2.05) is 12.3 Å². The van der Waals surface area contributed by atoms with Crippen LogP contribution < -0.4 is 4.90 Å². The molecule has 0 radical (unpaired) electrons. The van der Waals surface area contributed by atoms with Crippen molar-refractivity contribution in [2.45, 2.75) is 38.7 Å². The molecule has 1 aromatic rings. The Morgan fingerprint density at radius 2 is 2.21 bits per heavy atom. The first-order valence-electron chi connectivity index (χ1n) is 7.48. The molecule has 3 rings (SSSR count).